The van der Waals surface area contributed by atoms with Gasteiger partial charge in [0.2, 0.25) is 0 Å². The van der Waals surface area contributed by atoms with Gasteiger partial charge in [-0.3, -0.25) is 4.79 Å². The van der Waals surface area contributed by atoms with Crippen LogP contribution in [0.4, 0.5) is 0 Å². The van der Waals surface area contributed by atoms with Crippen LogP contribution in [0, 0.1) is 0 Å². The van der Waals surface area contributed by atoms with Gasteiger partial charge in [0.05, 0.1) is 16.3 Å². The molecule has 2 N–H and O–H groups in total. The normalized spacial score (nSPS) is 13.0. The van der Waals surface area contributed by atoms with Crippen LogP contribution in [0.2, 0.25) is 0 Å². The minimum atomic E-state index is -4.05. The van der Waals surface area contributed by atoms with E-state index in [9.17, 15) is 18.3 Å². The summed E-state index contributed by atoms with van der Waals surface area (Å²) in [4.78, 5) is 23.5. The third-order valence-electron chi connectivity index (χ3n) is 4.69. The molecule has 0 spiro atoms. The molecular formula is C20H23N3O4S. The number of sulfone groups is 1. The summed E-state index contributed by atoms with van der Waals surface area (Å²) >= 11 is 0. The SMILES string of the molecule is CC(C)(C)c1nccc(-c2cc3cc(S(=O)(=O)C(C)(C)C(=O)O)ccc3[nH]2)n1. The highest BCUT2D eigenvalue weighted by molar-refractivity contribution is 7.93. The molecule has 0 atom stereocenters. The van der Waals surface area contributed by atoms with Gasteiger partial charge in [0.1, 0.15) is 5.82 Å². The lowest BCUT2D eigenvalue weighted by Gasteiger charge is -2.19. The lowest BCUT2D eigenvalue weighted by Crippen LogP contribution is -2.40. The van der Waals surface area contributed by atoms with Crippen molar-refractivity contribution < 1.29 is 18.3 Å². The van der Waals surface area contributed by atoms with Crippen LogP contribution < -0.4 is 0 Å². The summed E-state index contributed by atoms with van der Waals surface area (Å²) in [5.74, 6) is -0.687. The number of nitrogens with zero attached hydrogens (tertiary/aromatic N) is 2. The fourth-order valence-corrected chi connectivity index (χ4v) is 4.04. The molecule has 3 aromatic rings. The Morgan fingerprint density at radius 1 is 1.07 bits per heavy atom. The Labute approximate surface area is 163 Å². The molecule has 7 nitrogen and oxygen atoms in total. The van der Waals surface area contributed by atoms with Crippen LogP contribution in [0.5, 0.6) is 0 Å². The van der Waals surface area contributed by atoms with E-state index in [-0.39, 0.29) is 10.3 Å². The number of nitrogens with one attached hydrogen (secondary N) is 1. The maximum Gasteiger partial charge on any atom is 0.324 e. The van der Waals surface area contributed by atoms with Gasteiger partial charge in [0.15, 0.2) is 14.6 Å². The van der Waals surface area contributed by atoms with Crippen LogP contribution in [-0.2, 0) is 20.0 Å². The van der Waals surface area contributed by atoms with Crippen molar-refractivity contribution in [2.45, 2.75) is 49.7 Å². The molecule has 0 unspecified atom stereocenters. The van der Waals surface area contributed by atoms with E-state index in [2.05, 4.69) is 15.0 Å². The average Bonchev–Trinajstić information content (AvgIpc) is 3.04. The van der Waals surface area contributed by atoms with Crippen LogP contribution in [0.3, 0.4) is 0 Å². The van der Waals surface area contributed by atoms with Gasteiger partial charge in [0, 0.05) is 22.5 Å². The van der Waals surface area contributed by atoms with Gasteiger partial charge in [-0.05, 0) is 44.2 Å². The standard InChI is InChI=1S/C20H23N3O4S/c1-19(2,3)17-21-9-8-15(23-17)16-11-12-10-13(6-7-14(12)22-16)28(26,27)20(4,5)18(24)25/h6-11,22H,1-5H3,(H,24,25). The summed E-state index contributed by atoms with van der Waals surface area (Å²) in [6, 6.07) is 8.13. The number of benzene rings is 1. The molecule has 0 aliphatic carbocycles. The quantitative estimate of drug-likeness (QED) is 0.691. The predicted octanol–water partition coefficient (Wildman–Crippen LogP) is 3.56. The van der Waals surface area contributed by atoms with E-state index in [0.717, 1.165) is 11.2 Å². The molecule has 0 aliphatic rings. The number of aromatic amines is 1. The summed E-state index contributed by atoms with van der Waals surface area (Å²) < 4.78 is 23.6. The van der Waals surface area contributed by atoms with Crippen molar-refractivity contribution in [2.75, 3.05) is 0 Å². The van der Waals surface area contributed by atoms with E-state index < -0.39 is 20.6 Å². The van der Waals surface area contributed by atoms with Gasteiger partial charge in [0.25, 0.3) is 0 Å². The summed E-state index contributed by atoms with van der Waals surface area (Å²) in [7, 11) is -4.05. The third kappa shape index (κ3) is 3.28. The lowest BCUT2D eigenvalue weighted by molar-refractivity contribution is -0.139. The van der Waals surface area contributed by atoms with Crippen molar-refractivity contribution in [1.29, 1.82) is 0 Å². The summed E-state index contributed by atoms with van der Waals surface area (Å²) in [6.07, 6.45) is 1.69. The van der Waals surface area contributed by atoms with Crippen molar-refractivity contribution in [1.82, 2.24) is 15.0 Å². The molecule has 0 saturated carbocycles. The van der Waals surface area contributed by atoms with E-state index in [4.69, 9.17) is 0 Å². The van der Waals surface area contributed by atoms with Gasteiger partial charge in [-0.15, -0.1) is 0 Å². The monoisotopic (exact) mass is 401 g/mol. The molecule has 1 aromatic carbocycles. The van der Waals surface area contributed by atoms with Gasteiger partial charge in [-0.2, -0.15) is 0 Å². The Hall–Kier alpha value is -2.74. The van der Waals surface area contributed by atoms with Gasteiger partial charge < -0.3 is 10.1 Å². The molecule has 0 fully saturated rings. The van der Waals surface area contributed by atoms with E-state index in [0.29, 0.717) is 16.9 Å². The van der Waals surface area contributed by atoms with Crippen molar-refractivity contribution in [3.63, 3.8) is 0 Å². The third-order valence-corrected chi connectivity index (χ3v) is 7.08. The molecule has 0 amide bonds. The summed E-state index contributed by atoms with van der Waals surface area (Å²) in [6.45, 7) is 8.45. The molecule has 3 rings (SSSR count). The fraction of sp³-hybridized carbons (Fsp3) is 0.350. The van der Waals surface area contributed by atoms with Crippen molar-refractivity contribution in [3.05, 3.63) is 42.4 Å². The number of rotatable bonds is 4. The molecule has 0 bridgehead atoms. The first-order valence-corrected chi connectivity index (χ1v) is 10.3. The second-order valence-corrected chi connectivity index (χ2v) is 10.8. The molecule has 0 aliphatic heterocycles. The number of carbonyl (C=O) groups is 1. The van der Waals surface area contributed by atoms with Crippen molar-refractivity contribution >= 4 is 26.7 Å². The Bertz CT molecular complexity index is 1170. The van der Waals surface area contributed by atoms with E-state index >= 15 is 0 Å². The zero-order valence-corrected chi connectivity index (χ0v) is 17.3. The van der Waals surface area contributed by atoms with Crippen LogP contribution in [0.15, 0.2) is 41.4 Å². The molecule has 2 heterocycles. The van der Waals surface area contributed by atoms with Crippen molar-refractivity contribution in [3.8, 4) is 11.4 Å². The zero-order valence-electron chi connectivity index (χ0n) is 16.4. The Morgan fingerprint density at radius 2 is 1.75 bits per heavy atom. The smallest absolute Gasteiger partial charge is 0.324 e. The highest BCUT2D eigenvalue weighted by Gasteiger charge is 2.43. The molecule has 0 radical (unpaired) electrons. The average molecular weight is 401 g/mol. The zero-order chi connectivity index (χ0) is 20.9. The molecule has 8 heteroatoms. The second kappa shape index (κ2) is 6.41. The Morgan fingerprint density at radius 3 is 2.36 bits per heavy atom. The Kier molecular flexibility index (Phi) is 4.58. The molecule has 0 saturated heterocycles. The minimum absolute atomic E-state index is 0.0315. The van der Waals surface area contributed by atoms with Gasteiger partial charge >= 0.3 is 5.97 Å². The number of hydrogen-bond acceptors (Lipinski definition) is 5. The first-order valence-electron chi connectivity index (χ1n) is 8.79. The van der Waals surface area contributed by atoms with Crippen LogP contribution in [0.25, 0.3) is 22.3 Å². The topological polar surface area (TPSA) is 113 Å². The summed E-state index contributed by atoms with van der Waals surface area (Å²) in [5, 5.41) is 9.96. The number of hydrogen-bond donors (Lipinski definition) is 2. The number of fused-ring (bicyclic) bond motifs is 1. The van der Waals surface area contributed by atoms with E-state index in [1.807, 2.05) is 20.8 Å². The lowest BCUT2D eigenvalue weighted by atomic mass is 9.95. The molecule has 148 valence electrons. The highest BCUT2D eigenvalue weighted by Crippen LogP contribution is 2.30. The molecular weight excluding hydrogens is 378 g/mol. The van der Waals surface area contributed by atoms with E-state index in [1.54, 1.807) is 24.4 Å². The molecule has 28 heavy (non-hydrogen) atoms. The highest BCUT2D eigenvalue weighted by atomic mass is 32.2. The minimum Gasteiger partial charge on any atom is -0.480 e. The first-order chi connectivity index (χ1) is 12.8. The first kappa shape index (κ1) is 20.0. The van der Waals surface area contributed by atoms with Gasteiger partial charge in [-0.1, -0.05) is 20.8 Å². The molecule has 2 aromatic heterocycles. The number of aromatic nitrogens is 3. The second-order valence-electron chi connectivity index (χ2n) is 8.27. The maximum absolute atomic E-state index is 12.8. The number of carboxylic acid groups (broad SMARTS) is 1. The number of aliphatic carboxylic acids is 1. The maximum atomic E-state index is 12.8. The van der Waals surface area contributed by atoms with Gasteiger partial charge in [-0.25, -0.2) is 18.4 Å². The fourth-order valence-electron chi connectivity index (χ4n) is 2.70. The number of H-pyrrole nitrogens is 1. The Balaban J connectivity index is 2.09. The van der Waals surface area contributed by atoms with E-state index in [1.165, 1.54) is 26.0 Å². The van der Waals surface area contributed by atoms with Crippen LogP contribution >= 0.6 is 0 Å². The largest absolute Gasteiger partial charge is 0.480 e. The number of carboxylic acids is 1. The van der Waals surface area contributed by atoms with Crippen LogP contribution in [-0.4, -0.2) is 39.2 Å². The van der Waals surface area contributed by atoms with Crippen molar-refractivity contribution in [2.24, 2.45) is 0 Å². The predicted molar refractivity (Wildman–Crippen MR) is 107 cm³/mol. The van der Waals surface area contributed by atoms with Crippen LogP contribution in [0.1, 0.15) is 40.4 Å². The summed E-state index contributed by atoms with van der Waals surface area (Å²) in [5.41, 5.74) is 1.96.